The highest BCUT2D eigenvalue weighted by atomic mass is 16.3. The summed E-state index contributed by atoms with van der Waals surface area (Å²) in [5, 5.41) is 3.27. The molecule has 1 saturated heterocycles. The maximum absolute atomic E-state index is 12.8. The number of furan rings is 1. The van der Waals surface area contributed by atoms with E-state index in [1.807, 2.05) is 31.3 Å². The van der Waals surface area contributed by atoms with Gasteiger partial charge in [0, 0.05) is 30.9 Å². The van der Waals surface area contributed by atoms with Crippen molar-refractivity contribution in [3.05, 3.63) is 53.5 Å². The van der Waals surface area contributed by atoms with Crippen LogP contribution >= 0.6 is 0 Å². The summed E-state index contributed by atoms with van der Waals surface area (Å²) < 4.78 is 5.49. The maximum Gasteiger partial charge on any atom is 0.289 e. The Labute approximate surface area is 146 Å². The van der Waals surface area contributed by atoms with Gasteiger partial charge in [-0.05, 0) is 30.7 Å². The van der Waals surface area contributed by atoms with Crippen molar-refractivity contribution in [2.75, 3.05) is 25.0 Å². The molecular formula is C19H21N3O3. The van der Waals surface area contributed by atoms with Crippen molar-refractivity contribution in [1.82, 2.24) is 10.2 Å². The summed E-state index contributed by atoms with van der Waals surface area (Å²) in [5.41, 5.74) is 2.69. The van der Waals surface area contributed by atoms with Gasteiger partial charge in [0.05, 0.1) is 19.2 Å². The summed E-state index contributed by atoms with van der Waals surface area (Å²) in [6, 6.07) is 9.73. The van der Waals surface area contributed by atoms with Gasteiger partial charge >= 0.3 is 0 Å². The molecule has 0 bridgehead atoms. The molecule has 0 unspecified atom stereocenters. The minimum atomic E-state index is -0.131. The van der Waals surface area contributed by atoms with Crippen LogP contribution in [-0.2, 0) is 17.8 Å². The molecule has 25 heavy (non-hydrogen) atoms. The number of nitrogens with zero attached hydrogens (tertiary/aromatic N) is 2. The largest absolute Gasteiger partial charge is 0.459 e. The Morgan fingerprint density at radius 3 is 3.00 bits per heavy atom. The van der Waals surface area contributed by atoms with Gasteiger partial charge in [0.1, 0.15) is 0 Å². The van der Waals surface area contributed by atoms with Crippen LogP contribution in [0.25, 0.3) is 0 Å². The number of anilines is 1. The van der Waals surface area contributed by atoms with Gasteiger partial charge < -0.3 is 19.5 Å². The number of fused-ring (bicyclic) bond motifs is 1. The second kappa shape index (κ2) is 6.37. The number of carbonyl (C=O) groups is 2. The van der Waals surface area contributed by atoms with E-state index in [1.54, 1.807) is 15.9 Å². The lowest BCUT2D eigenvalue weighted by Crippen LogP contribution is -2.38. The summed E-state index contributed by atoms with van der Waals surface area (Å²) in [6.45, 7) is 2.08. The highest BCUT2D eigenvalue weighted by Gasteiger charge is 2.31. The van der Waals surface area contributed by atoms with Crippen LogP contribution in [0, 0.1) is 0 Å². The topological polar surface area (TPSA) is 65.8 Å². The van der Waals surface area contributed by atoms with Crippen molar-refractivity contribution in [1.29, 1.82) is 0 Å². The van der Waals surface area contributed by atoms with Crippen LogP contribution in [0.5, 0.6) is 0 Å². The Kier molecular flexibility index (Phi) is 4.05. The smallest absolute Gasteiger partial charge is 0.289 e. The first-order chi connectivity index (χ1) is 12.1. The number of benzene rings is 1. The van der Waals surface area contributed by atoms with Crippen molar-refractivity contribution in [3.8, 4) is 0 Å². The molecule has 1 atom stereocenters. The number of nitrogens with one attached hydrogen (secondary N) is 1. The number of rotatable bonds is 4. The zero-order chi connectivity index (χ0) is 17.4. The lowest BCUT2D eigenvalue weighted by atomic mass is 10.1. The first-order valence-electron chi connectivity index (χ1n) is 8.57. The van der Waals surface area contributed by atoms with Crippen LogP contribution in [0.15, 0.2) is 41.0 Å². The van der Waals surface area contributed by atoms with Gasteiger partial charge in [0.2, 0.25) is 5.91 Å². The summed E-state index contributed by atoms with van der Waals surface area (Å²) in [5.74, 6) is 0.245. The van der Waals surface area contributed by atoms with Crippen LogP contribution in [0.3, 0.4) is 0 Å². The number of amides is 2. The fraction of sp³-hybridized carbons (Fsp3) is 0.368. The number of hydrogen-bond acceptors (Lipinski definition) is 4. The first-order valence-corrected chi connectivity index (χ1v) is 8.57. The standard InChI is InChI=1S/C19H21N3O3/c1-21(15-6-8-20-11-15)19(24)18-14(7-9-25-18)12-22-16-5-3-2-4-13(16)10-17(22)23/h2-5,7,9,15,20H,6,8,10-12H2,1H3/t15-/m1/s1. The van der Waals surface area contributed by atoms with E-state index in [9.17, 15) is 9.59 Å². The van der Waals surface area contributed by atoms with Gasteiger partial charge in [-0.2, -0.15) is 0 Å². The van der Waals surface area contributed by atoms with Crippen LogP contribution in [0.4, 0.5) is 5.69 Å². The third kappa shape index (κ3) is 2.82. The molecule has 0 spiro atoms. The Bertz CT molecular complexity index is 808. The number of hydrogen-bond donors (Lipinski definition) is 1. The molecule has 4 rings (SSSR count). The monoisotopic (exact) mass is 339 g/mol. The first kappa shape index (κ1) is 15.9. The average Bonchev–Trinajstić information content (AvgIpc) is 3.35. The summed E-state index contributed by atoms with van der Waals surface area (Å²) in [4.78, 5) is 28.7. The molecule has 2 aliphatic heterocycles. The SMILES string of the molecule is CN(C(=O)c1occc1CN1C(=O)Cc2ccccc21)[C@@H]1CCNC1. The summed E-state index contributed by atoms with van der Waals surface area (Å²) >= 11 is 0. The Morgan fingerprint density at radius 2 is 2.20 bits per heavy atom. The normalized spacial score (nSPS) is 19.3. The third-order valence-corrected chi connectivity index (χ3v) is 5.10. The maximum atomic E-state index is 12.8. The van der Waals surface area contributed by atoms with Crippen LogP contribution < -0.4 is 10.2 Å². The highest BCUT2D eigenvalue weighted by molar-refractivity contribution is 6.01. The molecular weight excluding hydrogens is 318 g/mol. The average molecular weight is 339 g/mol. The highest BCUT2D eigenvalue weighted by Crippen LogP contribution is 2.30. The quantitative estimate of drug-likeness (QED) is 0.922. The van der Waals surface area contributed by atoms with Crippen LogP contribution in [0.1, 0.15) is 28.1 Å². The van der Waals surface area contributed by atoms with Crippen molar-refractivity contribution < 1.29 is 14.0 Å². The Hall–Kier alpha value is -2.60. The zero-order valence-electron chi connectivity index (χ0n) is 14.2. The summed E-state index contributed by atoms with van der Waals surface area (Å²) in [7, 11) is 1.81. The van der Waals surface area contributed by atoms with Crippen LogP contribution in [0.2, 0.25) is 0 Å². The fourth-order valence-electron chi connectivity index (χ4n) is 3.60. The van der Waals surface area contributed by atoms with E-state index < -0.39 is 0 Å². The van der Waals surface area contributed by atoms with E-state index in [-0.39, 0.29) is 17.9 Å². The van der Waals surface area contributed by atoms with E-state index in [0.29, 0.717) is 18.7 Å². The Balaban J connectivity index is 1.56. The minimum Gasteiger partial charge on any atom is -0.459 e. The lowest BCUT2D eigenvalue weighted by molar-refractivity contribution is -0.117. The molecule has 1 aromatic heterocycles. The van der Waals surface area contributed by atoms with Gasteiger partial charge in [0.15, 0.2) is 5.76 Å². The number of para-hydroxylation sites is 1. The molecule has 6 nitrogen and oxygen atoms in total. The molecule has 0 radical (unpaired) electrons. The number of likely N-dealkylation sites (N-methyl/N-ethyl adjacent to an activating group) is 1. The molecule has 2 aromatic rings. The van der Waals surface area contributed by atoms with E-state index in [4.69, 9.17) is 4.42 Å². The molecule has 1 N–H and O–H groups in total. The van der Waals surface area contributed by atoms with Crippen molar-refractivity contribution >= 4 is 17.5 Å². The van der Waals surface area contributed by atoms with E-state index in [2.05, 4.69) is 5.32 Å². The minimum absolute atomic E-state index is 0.0501. The summed E-state index contributed by atoms with van der Waals surface area (Å²) in [6.07, 6.45) is 2.87. The molecule has 0 aliphatic carbocycles. The van der Waals surface area contributed by atoms with E-state index >= 15 is 0 Å². The molecule has 2 amide bonds. The Morgan fingerprint density at radius 1 is 1.36 bits per heavy atom. The van der Waals surface area contributed by atoms with E-state index in [1.165, 1.54) is 6.26 Å². The van der Waals surface area contributed by atoms with Gasteiger partial charge in [-0.25, -0.2) is 0 Å². The second-order valence-corrected chi connectivity index (χ2v) is 6.62. The van der Waals surface area contributed by atoms with Crippen LogP contribution in [-0.4, -0.2) is 42.9 Å². The predicted molar refractivity (Wildman–Crippen MR) is 93.4 cm³/mol. The molecule has 6 heteroatoms. The molecule has 130 valence electrons. The molecule has 3 heterocycles. The van der Waals surface area contributed by atoms with Crippen molar-refractivity contribution in [3.63, 3.8) is 0 Å². The number of carbonyl (C=O) groups excluding carboxylic acids is 2. The third-order valence-electron chi connectivity index (χ3n) is 5.10. The predicted octanol–water partition coefficient (Wildman–Crippen LogP) is 1.80. The van der Waals surface area contributed by atoms with Crippen molar-refractivity contribution in [2.45, 2.75) is 25.4 Å². The van der Waals surface area contributed by atoms with Gasteiger partial charge in [-0.3, -0.25) is 9.59 Å². The van der Waals surface area contributed by atoms with Gasteiger partial charge in [-0.1, -0.05) is 18.2 Å². The van der Waals surface area contributed by atoms with Gasteiger partial charge in [-0.15, -0.1) is 0 Å². The second-order valence-electron chi connectivity index (χ2n) is 6.62. The molecule has 1 fully saturated rings. The lowest BCUT2D eigenvalue weighted by Gasteiger charge is -2.24. The molecule has 1 aromatic carbocycles. The fourth-order valence-corrected chi connectivity index (χ4v) is 3.60. The van der Waals surface area contributed by atoms with Crippen molar-refractivity contribution in [2.24, 2.45) is 0 Å². The molecule has 2 aliphatic rings. The molecule has 0 saturated carbocycles. The van der Waals surface area contributed by atoms with E-state index in [0.717, 1.165) is 36.3 Å². The zero-order valence-corrected chi connectivity index (χ0v) is 14.2. The van der Waals surface area contributed by atoms with Gasteiger partial charge in [0.25, 0.3) is 5.91 Å².